The summed E-state index contributed by atoms with van der Waals surface area (Å²) in [5, 5.41) is 8.96. The van der Waals surface area contributed by atoms with E-state index in [9.17, 15) is 18.0 Å². The van der Waals surface area contributed by atoms with Gasteiger partial charge in [0, 0.05) is 13.1 Å². The minimum Gasteiger partial charge on any atom is -0.481 e. The van der Waals surface area contributed by atoms with Crippen LogP contribution in [0.25, 0.3) is 0 Å². The first-order chi connectivity index (χ1) is 11.9. The lowest BCUT2D eigenvalue weighted by atomic mass is 9.97. The van der Waals surface area contributed by atoms with Gasteiger partial charge in [-0.1, -0.05) is 6.07 Å². The quantitative estimate of drug-likeness (QED) is 0.774. The maximum atomic E-state index is 12.4. The highest BCUT2D eigenvalue weighted by Gasteiger charge is 2.27. The number of carboxylic acid groups (broad SMARTS) is 1. The third-order valence-corrected chi connectivity index (χ3v) is 6.01. The van der Waals surface area contributed by atoms with Gasteiger partial charge in [0.2, 0.25) is 15.9 Å². The van der Waals surface area contributed by atoms with E-state index in [1.165, 1.54) is 11.0 Å². The van der Waals surface area contributed by atoms with Crippen molar-refractivity contribution in [1.29, 1.82) is 0 Å². The minimum atomic E-state index is -3.79. The monoisotopic (exact) mass is 368 g/mol. The molecule has 25 heavy (non-hydrogen) atoms. The summed E-state index contributed by atoms with van der Waals surface area (Å²) in [5.41, 5.74) is 1.81. The molecular formula is C16H20N2O6S. The molecule has 1 aromatic rings. The molecule has 0 aromatic heterocycles. The van der Waals surface area contributed by atoms with Gasteiger partial charge in [-0.25, -0.2) is 13.1 Å². The largest absolute Gasteiger partial charge is 0.481 e. The summed E-state index contributed by atoms with van der Waals surface area (Å²) in [6, 6.07) is 4.78. The molecule has 1 aromatic carbocycles. The van der Waals surface area contributed by atoms with Crippen molar-refractivity contribution in [2.75, 3.05) is 19.6 Å². The van der Waals surface area contributed by atoms with Crippen LogP contribution >= 0.6 is 0 Å². The average molecular weight is 368 g/mol. The van der Waals surface area contributed by atoms with Crippen LogP contribution in [0.2, 0.25) is 0 Å². The zero-order chi connectivity index (χ0) is 18.0. The number of amides is 1. The third-order valence-electron chi connectivity index (χ3n) is 4.61. The molecule has 2 aliphatic heterocycles. The number of likely N-dealkylation sites (tertiary alicyclic amines) is 1. The van der Waals surface area contributed by atoms with Crippen LogP contribution in [0.4, 0.5) is 0 Å². The Labute approximate surface area is 145 Å². The van der Waals surface area contributed by atoms with Gasteiger partial charge in [0.25, 0.3) is 0 Å². The highest BCUT2D eigenvalue weighted by molar-refractivity contribution is 7.89. The van der Waals surface area contributed by atoms with Crippen molar-refractivity contribution < 1.29 is 27.9 Å². The Balaban J connectivity index is 1.57. The van der Waals surface area contributed by atoms with E-state index in [-0.39, 0.29) is 17.3 Å². The molecule has 2 N–H and O–H groups in total. The first-order valence-corrected chi connectivity index (χ1v) is 9.55. The fourth-order valence-electron chi connectivity index (χ4n) is 3.04. The van der Waals surface area contributed by atoms with Crippen LogP contribution in [0, 0.1) is 5.92 Å². The topological polar surface area (TPSA) is 113 Å². The lowest BCUT2D eigenvalue weighted by Crippen LogP contribution is -2.45. The molecule has 0 unspecified atom stereocenters. The standard InChI is InChI=1S/C16H20N2O6S/c19-15(18-5-3-11(4-6-18)16(20)21)8-17-25(22,23)14-2-1-12-9-24-10-13(12)7-14/h1-2,7,11,17H,3-6,8-10H2,(H,20,21). The maximum absolute atomic E-state index is 12.4. The lowest BCUT2D eigenvalue weighted by molar-refractivity contribution is -0.145. The molecule has 1 amide bonds. The number of aliphatic carboxylic acids is 1. The molecule has 1 saturated heterocycles. The Morgan fingerprint density at radius 1 is 1.20 bits per heavy atom. The van der Waals surface area contributed by atoms with Gasteiger partial charge in [0.1, 0.15) is 0 Å². The van der Waals surface area contributed by atoms with E-state index in [1.54, 1.807) is 12.1 Å². The number of nitrogens with one attached hydrogen (secondary N) is 1. The van der Waals surface area contributed by atoms with E-state index >= 15 is 0 Å². The van der Waals surface area contributed by atoms with Crippen LogP contribution in [0.15, 0.2) is 23.1 Å². The van der Waals surface area contributed by atoms with Crippen LogP contribution < -0.4 is 4.72 Å². The number of rotatable bonds is 5. The second kappa shape index (κ2) is 7.11. The molecule has 0 aliphatic carbocycles. The number of nitrogens with zero attached hydrogens (tertiary/aromatic N) is 1. The van der Waals surface area contributed by atoms with Crippen LogP contribution in [0.1, 0.15) is 24.0 Å². The van der Waals surface area contributed by atoms with Gasteiger partial charge in [-0.05, 0) is 36.1 Å². The van der Waals surface area contributed by atoms with E-state index < -0.39 is 21.9 Å². The van der Waals surface area contributed by atoms with Crippen LogP contribution in [-0.4, -0.2) is 49.9 Å². The van der Waals surface area contributed by atoms with Crippen molar-refractivity contribution in [2.24, 2.45) is 5.92 Å². The fourth-order valence-corrected chi connectivity index (χ4v) is 4.07. The van der Waals surface area contributed by atoms with Crippen LogP contribution in [0.3, 0.4) is 0 Å². The van der Waals surface area contributed by atoms with Crippen LogP contribution in [0.5, 0.6) is 0 Å². The summed E-state index contributed by atoms with van der Waals surface area (Å²) in [4.78, 5) is 24.7. The van der Waals surface area contributed by atoms with Gasteiger partial charge in [0.05, 0.1) is 30.6 Å². The van der Waals surface area contributed by atoms with Crippen molar-refractivity contribution in [3.8, 4) is 0 Å². The summed E-state index contributed by atoms with van der Waals surface area (Å²) in [5.74, 6) is -1.64. The number of benzene rings is 1. The van der Waals surface area contributed by atoms with Gasteiger partial charge < -0.3 is 14.7 Å². The zero-order valence-corrected chi connectivity index (χ0v) is 14.4. The molecule has 0 spiro atoms. The molecule has 3 rings (SSSR count). The first-order valence-electron chi connectivity index (χ1n) is 8.06. The van der Waals surface area contributed by atoms with E-state index in [0.29, 0.717) is 39.1 Å². The molecule has 1 fully saturated rings. The number of fused-ring (bicyclic) bond motifs is 1. The normalized spacial score (nSPS) is 18.2. The highest BCUT2D eigenvalue weighted by Crippen LogP contribution is 2.23. The number of piperidine rings is 1. The molecule has 2 aliphatic rings. The molecule has 9 heteroatoms. The van der Waals surface area contributed by atoms with E-state index in [1.807, 2.05) is 0 Å². The second-order valence-electron chi connectivity index (χ2n) is 6.24. The van der Waals surface area contributed by atoms with Crippen molar-refractivity contribution >= 4 is 21.9 Å². The number of sulfonamides is 1. The Hall–Kier alpha value is -1.97. The lowest BCUT2D eigenvalue weighted by Gasteiger charge is -2.30. The number of carbonyl (C=O) groups is 2. The van der Waals surface area contributed by atoms with Gasteiger partial charge in [-0.3, -0.25) is 9.59 Å². The molecule has 8 nitrogen and oxygen atoms in total. The summed E-state index contributed by atoms with van der Waals surface area (Å²) < 4.78 is 32.3. The molecule has 0 atom stereocenters. The Kier molecular flexibility index (Phi) is 5.07. The van der Waals surface area contributed by atoms with E-state index in [0.717, 1.165) is 11.1 Å². The number of ether oxygens (including phenoxy) is 1. The molecule has 2 heterocycles. The van der Waals surface area contributed by atoms with Crippen molar-refractivity contribution in [1.82, 2.24) is 9.62 Å². The zero-order valence-electron chi connectivity index (χ0n) is 13.6. The fraction of sp³-hybridized carbons (Fsp3) is 0.500. The number of hydrogen-bond donors (Lipinski definition) is 2. The molecule has 0 saturated carbocycles. The maximum Gasteiger partial charge on any atom is 0.306 e. The first kappa shape index (κ1) is 17.8. The van der Waals surface area contributed by atoms with Gasteiger partial charge in [-0.15, -0.1) is 0 Å². The summed E-state index contributed by atoms with van der Waals surface area (Å²) in [6.45, 7) is 1.18. The van der Waals surface area contributed by atoms with Crippen molar-refractivity contribution in [3.63, 3.8) is 0 Å². The smallest absolute Gasteiger partial charge is 0.306 e. The second-order valence-corrected chi connectivity index (χ2v) is 8.01. The highest BCUT2D eigenvalue weighted by atomic mass is 32.2. The van der Waals surface area contributed by atoms with E-state index in [2.05, 4.69) is 4.72 Å². The Morgan fingerprint density at radius 3 is 2.56 bits per heavy atom. The predicted octanol–water partition coefficient (Wildman–Crippen LogP) is 0.318. The third kappa shape index (κ3) is 4.00. The average Bonchev–Trinajstić information content (AvgIpc) is 3.07. The number of hydrogen-bond acceptors (Lipinski definition) is 5. The summed E-state index contributed by atoms with van der Waals surface area (Å²) in [7, 11) is -3.79. The molecule has 136 valence electrons. The predicted molar refractivity (Wildman–Crippen MR) is 87.1 cm³/mol. The minimum absolute atomic E-state index is 0.106. The summed E-state index contributed by atoms with van der Waals surface area (Å²) >= 11 is 0. The van der Waals surface area contributed by atoms with Crippen LogP contribution in [-0.2, 0) is 37.6 Å². The molecule has 0 bridgehead atoms. The van der Waals surface area contributed by atoms with Gasteiger partial charge in [0.15, 0.2) is 0 Å². The van der Waals surface area contributed by atoms with Gasteiger partial charge in [-0.2, -0.15) is 0 Å². The van der Waals surface area contributed by atoms with Crippen molar-refractivity contribution in [3.05, 3.63) is 29.3 Å². The van der Waals surface area contributed by atoms with Crippen molar-refractivity contribution in [2.45, 2.75) is 31.0 Å². The Morgan fingerprint density at radius 2 is 1.88 bits per heavy atom. The van der Waals surface area contributed by atoms with Gasteiger partial charge >= 0.3 is 5.97 Å². The SMILES string of the molecule is O=C(O)C1CCN(C(=O)CNS(=O)(=O)c2ccc3c(c2)COC3)CC1. The molecule has 0 radical (unpaired) electrons. The number of carbonyl (C=O) groups excluding carboxylic acids is 1. The number of carboxylic acids is 1. The Bertz CT molecular complexity index is 784. The van der Waals surface area contributed by atoms with E-state index in [4.69, 9.17) is 9.84 Å². The molecular weight excluding hydrogens is 348 g/mol. The summed E-state index contributed by atoms with van der Waals surface area (Å²) in [6.07, 6.45) is 0.775.